The third kappa shape index (κ3) is 37.2. The average Bonchev–Trinajstić information content (AvgIpc) is 3.05. The van der Waals surface area contributed by atoms with Gasteiger partial charge in [0.1, 0.15) is 0 Å². The van der Waals surface area contributed by atoms with Crippen LogP contribution in [0.2, 0.25) is 0 Å². The fraction of sp³-hybridized carbons (Fsp3) is 0.805. The van der Waals surface area contributed by atoms with Gasteiger partial charge in [-0.25, -0.2) is 0 Å². The Balaban J connectivity index is 3.43. The lowest BCUT2D eigenvalue weighted by Gasteiger charge is -2.19. The summed E-state index contributed by atoms with van der Waals surface area (Å²) >= 11 is 0. The molecule has 270 valence electrons. The van der Waals surface area contributed by atoms with Crippen molar-refractivity contribution in [2.45, 2.75) is 167 Å². The van der Waals surface area contributed by atoms with Crippen molar-refractivity contribution >= 4 is 0 Å². The van der Waals surface area contributed by atoms with Crippen molar-refractivity contribution in [3.63, 3.8) is 0 Å². The zero-order valence-electron chi connectivity index (χ0n) is 30.9. The topological polar surface area (TPSA) is 67.8 Å². The van der Waals surface area contributed by atoms with Gasteiger partial charge < -0.3 is 25.7 Å². The molecule has 0 heterocycles. The fourth-order valence-electron chi connectivity index (χ4n) is 5.44. The molecule has 0 aliphatic rings. The summed E-state index contributed by atoms with van der Waals surface area (Å²) in [5.41, 5.74) is 0. The number of aliphatic hydroxyl groups is 2. The van der Waals surface area contributed by atoms with Gasteiger partial charge in [0, 0.05) is 39.3 Å². The zero-order valence-corrected chi connectivity index (χ0v) is 30.9. The van der Waals surface area contributed by atoms with E-state index in [4.69, 9.17) is 0 Å². The first kappa shape index (κ1) is 44.8. The highest BCUT2D eigenvalue weighted by Crippen LogP contribution is 2.11. The fourth-order valence-corrected chi connectivity index (χ4v) is 5.44. The van der Waals surface area contributed by atoms with Gasteiger partial charge in [0.2, 0.25) is 0 Å². The molecule has 0 fully saturated rings. The predicted molar refractivity (Wildman–Crippen MR) is 205 cm³/mol. The van der Waals surface area contributed by atoms with Gasteiger partial charge in [0.15, 0.2) is 0 Å². The molecule has 0 aromatic heterocycles. The Morgan fingerprint density at radius 3 is 1.22 bits per heavy atom. The number of hydrogen-bond donors (Lipinski definition) is 4. The highest BCUT2D eigenvalue weighted by Gasteiger charge is 2.06. The van der Waals surface area contributed by atoms with E-state index in [1.54, 1.807) is 0 Å². The lowest BCUT2D eigenvalue weighted by molar-refractivity contribution is 0.154. The molecule has 0 aromatic rings. The molecule has 0 aromatic carbocycles. The Labute approximate surface area is 287 Å². The van der Waals surface area contributed by atoms with Crippen LogP contribution in [-0.4, -0.2) is 73.6 Å². The van der Waals surface area contributed by atoms with Gasteiger partial charge in [0.05, 0.1) is 12.2 Å². The third-order valence-corrected chi connectivity index (χ3v) is 8.54. The first-order valence-corrected chi connectivity index (χ1v) is 19.7. The van der Waals surface area contributed by atoms with Crippen molar-refractivity contribution in [2.75, 3.05) is 46.3 Å². The van der Waals surface area contributed by atoms with Crippen LogP contribution in [0.4, 0.5) is 0 Å². The van der Waals surface area contributed by atoms with Gasteiger partial charge in [-0.05, 0) is 71.3 Å². The summed E-state index contributed by atoms with van der Waals surface area (Å²) in [6, 6.07) is 0. The van der Waals surface area contributed by atoms with E-state index < -0.39 is 0 Å². The van der Waals surface area contributed by atoms with Crippen LogP contribution in [-0.2, 0) is 0 Å². The van der Waals surface area contributed by atoms with Crippen molar-refractivity contribution in [3.05, 3.63) is 48.6 Å². The molecule has 0 radical (unpaired) electrons. The summed E-state index contributed by atoms with van der Waals surface area (Å²) in [6.45, 7) is 9.54. The van der Waals surface area contributed by atoms with E-state index in [1.165, 1.54) is 103 Å². The van der Waals surface area contributed by atoms with Crippen LogP contribution in [0, 0.1) is 0 Å². The van der Waals surface area contributed by atoms with Gasteiger partial charge >= 0.3 is 0 Å². The molecule has 0 saturated heterocycles. The third-order valence-electron chi connectivity index (χ3n) is 8.54. The first-order valence-electron chi connectivity index (χ1n) is 19.7. The summed E-state index contributed by atoms with van der Waals surface area (Å²) in [4.78, 5) is 2.31. The lowest BCUT2D eigenvalue weighted by Crippen LogP contribution is -2.38. The highest BCUT2D eigenvalue weighted by atomic mass is 16.3. The molecular formula is C41H79N3O2. The van der Waals surface area contributed by atoms with Crippen LogP contribution < -0.4 is 10.6 Å². The van der Waals surface area contributed by atoms with Crippen molar-refractivity contribution in [1.29, 1.82) is 0 Å². The van der Waals surface area contributed by atoms with Crippen LogP contribution in [0.5, 0.6) is 0 Å². The van der Waals surface area contributed by atoms with Crippen LogP contribution in [0.25, 0.3) is 0 Å². The van der Waals surface area contributed by atoms with Gasteiger partial charge in [0.25, 0.3) is 0 Å². The van der Waals surface area contributed by atoms with E-state index in [9.17, 15) is 10.2 Å². The standard InChI is InChI=1S/C41H79N3O2/c1-4-6-8-10-12-14-16-18-20-22-24-26-28-30-32-40(45)38-42-34-36-44(3)37-35-43-39-41(46)33-31-29-27-25-23-21-19-17-15-13-11-9-7-5-2/h8-11,14-17,40-43,45-46H,4-7,12-13,18-39H2,1-3H3/b10-8-,11-9-,16-14-,17-15-. The second kappa shape index (κ2) is 38.2. The summed E-state index contributed by atoms with van der Waals surface area (Å²) in [5.74, 6) is 0. The Kier molecular flexibility index (Phi) is 37.2. The van der Waals surface area contributed by atoms with Crippen LogP contribution in [0.15, 0.2) is 48.6 Å². The maximum absolute atomic E-state index is 10.3. The molecule has 0 amide bonds. The van der Waals surface area contributed by atoms with E-state index in [-0.39, 0.29) is 12.2 Å². The van der Waals surface area contributed by atoms with Crippen LogP contribution in [0.3, 0.4) is 0 Å². The van der Waals surface area contributed by atoms with Crippen molar-refractivity contribution < 1.29 is 10.2 Å². The Hall–Kier alpha value is -1.24. The SMILES string of the molecule is CCC/C=C\C/C=C\CCCCCCCCC(O)CNCCN(C)CCNCC(O)CCCCCCCC/C=C\C/C=C\CCC. The molecule has 0 saturated carbocycles. The molecule has 5 heteroatoms. The van der Waals surface area contributed by atoms with Gasteiger partial charge in [-0.15, -0.1) is 0 Å². The predicted octanol–water partition coefficient (Wildman–Crippen LogP) is 9.67. The van der Waals surface area contributed by atoms with Gasteiger partial charge in [-0.3, -0.25) is 0 Å². The number of rotatable bonds is 36. The van der Waals surface area contributed by atoms with Crippen LogP contribution >= 0.6 is 0 Å². The van der Waals surface area contributed by atoms with E-state index in [0.717, 1.165) is 64.7 Å². The molecule has 2 unspecified atom stereocenters. The largest absolute Gasteiger partial charge is 0.392 e. The van der Waals surface area contributed by atoms with Crippen molar-refractivity contribution in [3.8, 4) is 0 Å². The van der Waals surface area contributed by atoms with Gasteiger partial charge in [-0.1, -0.05) is 140 Å². The number of nitrogens with zero attached hydrogens (tertiary/aromatic N) is 1. The normalized spacial score (nSPS) is 13.9. The molecular weight excluding hydrogens is 566 g/mol. The minimum Gasteiger partial charge on any atom is -0.392 e. The van der Waals surface area contributed by atoms with E-state index in [2.05, 4.69) is 85.0 Å². The van der Waals surface area contributed by atoms with E-state index >= 15 is 0 Å². The number of likely N-dealkylation sites (N-methyl/N-ethyl adjacent to an activating group) is 1. The van der Waals surface area contributed by atoms with Crippen molar-refractivity contribution in [2.24, 2.45) is 0 Å². The smallest absolute Gasteiger partial charge is 0.0664 e. The molecule has 0 bridgehead atoms. The number of hydrogen-bond acceptors (Lipinski definition) is 5. The minimum absolute atomic E-state index is 0.236. The first-order chi connectivity index (χ1) is 22.6. The van der Waals surface area contributed by atoms with E-state index in [1.807, 2.05) is 0 Å². The maximum atomic E-state index is 10.3. The summed E-state index contributed by atoms with van der Waals surface area (Å²) in [7, 11) is 2.14. The minimum atomic E-state index is -0.236. The Bertz CT molecular complexity index is 648. The second-order valence-electron chi connectivity index (χ2n) is 13.4. The average molecular weight is 646 g/mol. The monoisotopic (exact) mass is 646 g/mol. The Morgan fingerprint density at radius 1 is 0.478 bits per heavy atom. The highest BCUT2D eigenvalue weighted by molar-refractivity contribution is 4.93. The molecule has 0 rings (SSSR count). The van der Waals surface area contributed by atoms with Gasteiger partial charge in [-0.2, -0.15) is 0 Å². The Morgan fingerprint density at radius 2 is 0.826 bits per heavy atom. The molecule has 2 atom stereocenters. The lowest BCUT2D eigenvalue weighted by atomic mass is 10.1. The maximum Gasteiger partial charge on any atom is 0.0664 e. The van der Waals surface area contributed by atoms with Crippen LogP contribution in [0.1, 0.15) is 155 Å². The quantitative estimate of drug-likeness (QED) is 0.0404. The number of aliphatic hydroxyl groups excluding tert-OH is 2. The molecule has 5 nitrogen and oxygen atoms in total. The number of unbranched alkanes of at least 4 members (excludes halogenated alkanes) is 14. The van der Waals surface area contributed by atoms with E-state index in [0.29, 0.717) is 13.1 Å². The van der Waals surface area contributed by atoms with Crippen molar-refractivity contribution in [1.82, 2.24) is 15.5 Å². The molecule has 0 aliphatic carbocycles. The number of allylic oxidation sites excluding steroid dienone is 8. The summed E-state index contributed by atoms with van der Waals surface area (Å²) < 4.78 is 0. The summed E-state index contributed by atoms with van der Waals surface area (Å²) in [6.07, 6.45) is 44.3. The molecule has 46 heavy (non-hydrogen) atoms. The zero-order chi connectivity index (χ0) is 33.6. The molecule has 4 N–H and O–H groups in total. The summed E-state index contributed by atoms with van der Waals surface area (Å²) in [5, 5.41) is 27.4. The molecule has 0 aliphatic heterocycles. The number of nitrogens with one attached hydrogen (secondary N) is 2. The second-order valence-corrected chi connectivity index (χ2v) is 13.4. The molecule has 0 spiro atoms.